The first-order chi connectivity index (χ1) is 13.4. The van der Waals surface area contributed by atoms with Crippen molar-refractivity contribution in [2.75, 3.05) is 0 Å². The van der Waals surface area contributed by atoms with Crippen LogP contribution in [-0.2, 0) is 10.0 Å². The van der Waals surface area contributed by atoms with Crippen LogP contribution in [0, 0.1) is 10.3 Å². The summed E-state index contributed by atoms with van der Waals surface area (Å²) in [6.07, 6.45) is 0. The molecule has 3 aromatic carbocycles. The van der Waals surface area contributed by atoms with E-state index in [1.807, 2.05) is 18.2 Å². The van der Waals surface area contributed by atoms with Gasteiger partial charge in [-0.1, -0.05) is 42.5 Å². The van der Waals surface area contributed by atoms with E-state index in [0.29, 0.717) is 37.9 Å². The molecule has 0 saturated carbocycles. The summed E-state index contributed by atoms with van der Waals surface area (Å²) in [5, 5.41) is 5.86. The first-order valence-corrected chi connectivity index (χ1v) is 10.3. The lowest BCUT2D eigenvalue weighted by molar-refractivity contribution is 0.597. The SMILES string of the molecule is NS(=O)(=O)c1ccc(-c2oc3ccccc3c(=S)c2-c2ccccc2F)cc1. The van der Waals surface area contributed by atoms with E-state index in [-0.39, 0.29) is 4.90 Å². The number of rotatable bonds is 3. The second-order valence-corrected chi connectivity index (χ2v) is 8.15. The number of halogens is 1. The number of hydrogen-bond donors (Lipinski definition) is 1. The molecule has 0 fully saturated rings. The zero-order chi connectivity index (χ0) is 19.9. The van der Waals surface area contributed by atoms with Gasteiger partial charge in [0.25, 0.3) is 0 Å². The van der Waals surface area contributed by atoms with E-state index in [1.165, 1.54) is 18.2 Å². The van der Waals surface area contributed by atoms with Crippen LogP contribution >= 0.6 is 12.2 Å². The predicted molar refractivity (Wildman–Crippen MR) is 109 cm³/mol. The molecule has 0 amide bonds. The molecule has 0 aliphatic carbocycles. The fraction of sp³-hybridized carbons (Fsp3) is 0. The summed E-state index contributed by atoms with van der Waals surface area (Å²) >= 11 is 5.67. The van der Waals surface area contributed by atoms with Crippen molar-refractivity contribution in [3.63, 3.8) is 0 Å². The average molecular weight is 411 g/mol. The molecule has 140 valence electrons. The zero-order valence-electron chi connectivity index (χ0n) is 14.4. The van der Waals surface area contributed by atoms with Crippen LogP contribution in [0.5, 0.6) is 0 Å². The average Bonchev–Trinajstić information content (AvgIpc) is 2.68. The van der Waals surface area contributed by atoms with Crippen LogP contribution in [0.1, 0.15) is 0 Å². The molecule has 1 heterocycles. The third-order valence-electron chi connectivity index (χ3n) is 4.39. The molecule has 0 aliphatic rings. The third kappa shape index (κ3) is 3.24. The Morgan fingerprint density at radius 2 is 1.54 bits per heavy atom. The molecule has 0 radical (unpaired) electrons. The number of para-hydroxylation sites is 1. The maximum absolute atomic E-state index is 14.6. The second kappa shape index (κ2) is 6.94. The number of fused-ring (bicyclic) bond motifs is 1. The van der Waals surface area contributed by atoms with Crippen LogP contribution in [0.25, 0.3) is 33.4 Å². The first kappa shape index (κ1) is 18.5. The van der Waals surface area contributed by atoms with Gasteiger partial charge in [0.2, 0.25) is 10.0 Å². The van der Waals surface area contributed by atoms with Crippen LogP contribution < -0.4 is 5.14 Å². The topological polar surface area (TPSA) is 73.3 Å². The summed E-state index contributed by atoms with van der Waals surface area (Å²) < 4.78 is 44.2. The van der Waals surface area contributed by atoms with Gasteiger partial charge in [-0.25, -0.2) is 17.9 Å². The maximum Gasteiger partial charge on any atom is 0.238 e. The molecule has 4 aromatic rings. The molecule has 2 N–H and O–H groups in total. The molecular formula is C21H14FNO3S2. The fourth-order valence-electron chi connectivity index (χ4n) is 3.05. The van der Waals surface area contributed by atoms with Gasteiger partial charge >= 0.3 is 0 Å². The van der Waals surface area contributed by atoms with E-state index in [2.05, 4.69) is 0 Å². The maximum atomic E-state index is 14.6. The molecule has 0 bridgehead atoms. The Hall–Kier alpha value is -2.87. The van der Waals surface area contributed by atoms with E-state index in [9.17, 15) is 12.8 Å². The molecule has 0 atom stereocenters. The van der Waals surface area contributed by atoms with Gasteiger partial charge in [0.1, 0.15) is 17.2 Å². The largest absolute Gasteiger partial charge is 0.455 e. The molecule has 0 unspecified atom stereocenters. The second-order valence-electron chi connectivity index (χ2n) is 6.18. The number of benzene rings is 3. The Labute approximate surface area is 166 Å². The van der Waals surface area contributed by atoms with Gasteiger partial charge in [0.15, 0.2) is 0 Å². The number of sulfonamides is 1. The van der Waals surface area contributed by atoms with Gasteiger partial charge in [0.05, 0.1) is 9.41 Å². The lowest BCUT2D eigenvalue weighted by atomic mass is 9.98. The molecule has 28 heavy (non-hydrogen) atoms. The quantitative estimate of drug-likeness (QED) is 0.465. The van der Waals surface area contributed by atoms with Crippen molar-refractivity contribution in [2.45, 2.75) is 4.90 Å². The molecule has 0 saturated heterocycles. The minimum atomic E-state index is -3.82. The highest BCUT2D eigenvalue weighted by Crippen LogP contribution is 2.38. The van der Waals surface area contributed by atoms with Crippen molar-refractivity contribution in [3.8, 4) is 22.5 Å². The Morgan fingerprint density at radius 1 is 0.893 bits per heavy atom. The third-order valence-corrected chi connectivity index (χ3v) is 5.74. The summed E-state index contributed by atoms with van der Waals surface area (Å²) in [6, 6.07) is 19.4. The van der Waals surface area contributed by atoms with Gasteiger partial charge in [-0.3, -0.25) is 0 Å². The van der Waals surface area contributed by atoms with Gasteiger partial charge in [0, 0.05) is 22.1 Å². The Balaban J connectivity index is 2.06. The summed E-state index contributed by atoms with van der Waals surface area (Å²) in [5.74, 6) is -0.0729. The van der Waals surface area contributed by atoms with Gasteiger partial charge < -0.3 is 4.42 Å². The van der Waals surface area contributed by atoms with Gasteiger partial charge in [-0.2, -0.15) is 0 Å². The normalized spacial score (nSPS) is 11.6. The van der Waals surface area contributed by atoms with Crippen LogP contribution in [0.4, 0.5) is 4.39 Å². The summed E-state index contributed by atoms with van der Waals surface area (Å²) in [6.45, 7) is 0. The molecule has 1 aromatic heterocycles. The molecule has 7 heteroatoms. The van der Waals surface area contributed by atoms with E-state index in [1.54, 1.807) is 36.4 Å². The summed E-state index contributed by atoms with van der Waals surface area (Å²) in [5.41, 5.74) is 1.86. The molecule has 0 spiro atoms. The van der Waals surface area contributed by atoms with Crippen LogP contribution in [-0.4, -0.2) is 8.42 Å². The van der Waals surface area contributed by atoms with Crippen LogP contribution in [0.2, 0.25) is 0 Å². The number of hydrogen-bond acceptors (Lipinski definition) is 4. The van der Waals surface area contributed by atoms with Crippen molar-refractivity contribution < 1.29 is 17.2 Å². The Bertz CT molecular complexity index is 1360. The van der Waals surface area contributed by atoms with Crippen LogP contribution in [0.15, 0.2) is 82.1 Å². The van der Waals surface area contributed by atoms with Gasteiger partial charge in [-0.15, -0.1) is 0 Å². The smallest absolute Gasteiger partial charge is 0.238 e. The highest BCUT2D eigenvalue weighted by atomic mass is 32.2. The monoisotopic (exact) mass is 411 g/mol. The zero-order valence-corrected chi connectivity index (χ0v) is 16.1. The van der Waals surface area contributed by atoms with E-state index in [4.69, 9.17) is 21.8 Å². The highest BCUT2D eigenvalue weighted by molar-refractivity contribution is 7.89. The van der Waals surface area contributed by atoms with E-state index in [0.717, 1.165) is 0 Å². The van der Waals surface area contributed by atoms with Gasteiger partial charge in [-0.05, 0) is 42.5 Å². The van der Waals surface area contributed by atoms with Crippen molar-refractivity contribution >= 4 is 33.2 Å². The Morgan fingerprint density at radius 3 is 2.21 bits per heavy atom. The lowest BCUT2D eigenvalue weighted by Gasteiger charge is -2.13. The first-order valence-electron chi connectivity index (χ1n) is 8.30. The highest BCUT2D eigenvalue weighted by Gasteiger charge is 2.18. The number of primary sulfonamides is 1. The summed E-state index contributed by atoms with van der Waals surface area (Å²) in [4.78, 5) is -0.0249. The predicted octanol–water partition coefficient (Wildman–Crippen LogP) is 5.28. The molecule has 4 rings (SSSR count). The molecular weight excluding hydrogens is 397 g/mol. The fourth-order valence-corrected chi connectivity index (χ4v) is 3.94. The van der Waals surface area contributed by atoms with Crippen molar-refractivity contribution in [1.29, 1.82) is 0 Å². The van der Waals surface area contributed by atoms with Crippen molar-refractivity contribution in [1.82, 2.24) is 0 Å². The number of nitrogens with two attached hydrogens (primary N) is 1. The Kier molecular flexibility index (Phi) is 4.58. The van der Waals surface area contributed by atoms with Crippen molar-refractivity contribution in [3.05, 3.63) is 83.1 Å². The standard InChI is InChI=1S/C21H14FNO3S2/c22-17-7-3-1-5-15(17)19-20(13-9-11-14(12-10-13)28(23,24)25)26-18-8-4-2-6-16(18)21(19)27/h1-12H,(H2,23,24,25). The van der Waals surface area contributed by atoms with Crippen molar-refractivity contribution in [2.24, 2.45) is 5.14 Å². The molecule has 4 nitrogen and oxygen atoms in total. The summed E-state index contributed by atoms with van der Waals surface area (Å²) in [7, 11) is -3.82. The van der Waals surface area contributed by atoms with E-state index >= 15 is 0 Å². The lowest BCUT2D eigenvalue weighted by Crippen LogP contribution is -2.11. The molecule has 0 aliphatic heterocycles. The van der Waals surface area contributed by atoms with E-state index < -0.39 is 15.8 Å². The van der Waals surface area contributed by atoms with Crippen LogP contribution in [0.3, 0.4) is 0 Å². The minimum Gasteiger partial charge on any atom is -0.455 e. The minimum absolute atomic E-state index is 0.0249.